The molecular formula is C16H17F3N4O4. The van der Waals surface area contributed by atoms with Gasteiger partial charge in [0.25, 0.3) is 5.91 Å². The number of pyridine rings is 1. The van der Waals surface area contributed by atoms with Crippen molar-refractivity contribution in [1.29, 1.82) is 0 Å². The highest BCUT2D eigenvalue weighted by Gasteiger charge is 2.36. The zero-order valence-electron chi connectivity index (χ0n) is 14.7. The molecule has 2 amide bonds. The monoisotopic (exact) mass is 386 g/mol. The Bertz CT molecular complexity index is 843. The molecule has 0 aromatic carbocycles. The number of amides is 2. The molecule has 0 aliphatic heterocycles. The summed E-state index contributed by atoms with van der Waals surface area (Å²) < 4.78 is 48.9. The van der Waals surface area contributed by atoms with E-state index in [1.54, 1.807) is 0 Å². The molecule has 0 atom stereocenters. The van der Waals surface area contributed by atoms with Crippen LogP contribution in [0.5, 0.6) is 0 Å². The van der Waals surface area contributed by atoms with Crippen LogP contribution in [0.1, 0.15) is 31.3 Å². The molecule has 0 fully saturated rings. The van der Waals surface area contributed by atoms with Gasteiger partial charge < -0.3 is 14.9 Å². The Labute approximate surface area is 152 Å². The Morgan fingerprint density at radius 3 is 2.48 bits per heavy atom. The van der Waals surface area contributed by atoms with Crippen LogP contribution in [-0.4, -0.2) is 40.3 Å². The molecule has 2 aromatic rings. The average Bonchev–Trinajstić information content (AvgIpc) is 3.00. The van der Waals surface area contributed by atoms with Gasteiger partial charge in [-0.3, -0.25) is 9.69 Å². The minimum atomic E-state index is -4.68. The predicted molar refractivity (Wildman–Crippen MR) is 87.9 cm³/mol. The molecule has 8 nitrogen and oxygen atoms in total. The fraction of sp³-hybridized carbons (Fsp3) is 0.375. The van der Waals surface area contributed by atoms with E-state index in [1.807, 2.05) is 0 Å². The van der Waals surface area contributed by atoms with Gasteiger partial charge in [0.2, 0.25) is 5.89 Å². The second kappa shape index (κ2) is 7.25. The maximum atomic E-state index is 12.9. The van der Waals surface area contributed by atoms with Crippen molar-refractivity contribution in [2.24, 2.45) is 5.73 Å². The lowest BCUT2D eigenvalue weighted by Crippen LogP contribution is -2.42. The second-order valence-electron chi connectivity index (χ2n) is 6.49. The van der Waals surface area contributed by atoms with Crippen LogP contribution in [0.25, 0.3) is 11.5 Å². The number of primary amides is 1. The fourth-order valence-electron chi connectivity index (χ4n) is 1.95. The highest BCUT2D eigenvalue weighted by atomic mass is 19.4. The summed E-state index contributed by atoms with van der Waals surface area (Å²) in [5.41, 5.74) is 4.13. The van der Waals surface area contributed by atoms with Crippen LogP contribution in [0.3, 0.4) is 0 Å². The number of carbonyl (C=O) groups excluding carboxylic acids is 2. The van der Waals surface area contributed by atoms with Crippen molar-refractivity contribution >= 4 is 17.8 Å². The quantitative estimate of drug-likeness (QED) is 0.864. The number of hydrogen-bond donors (Lipinski definition) is 1. The largest absolute Gasteiger partial charge is 0.444 e. The molecule has 2 rings (SSSR count). The lowest BCUT2D eigenvalue weighted by atomic mass is 10.2. The van der Waals surface area contributed by atoms with E-state index in [0.717, 1.165) is 12.3 Å². The van der Waals surface area contributed by atoms with E-state index in [0.29, 0.717) is 4.90 Å². The molecule has 0 saturated heterocycles. The molecule has 0 saturated carbocycles. The molecule has 2 N–H and O–H groups in total. The first-order chi connectivity index (χ1) is 12.4. The molecule has 11 heteroatoms. The number of nitrogens with zero attached hydrogens (tertiary/aromatic N) is 3. The molecule has 0 unspecified atom stereocenters. The van der Waals surface area contributed by atoms with E-state index >= 15 is 0 Å². The molecule has 0 aliphatic carbocycles. The van der Waals surface area contributed by atoms with Crippen molar-refractivity contribution in [2.75, 3.05) is 11.4 Å². The number of ether oxygens (including phenoxy) is 1. The average molecular weight is 386 g/mol. The van der Waals surface area contributed by atoms with E-state index in [2.05, 4.69) is 9.97 Å². The molecular weight excluding hydrogens is 369 g/mol. The third kappa shape index (κ3) is 5.69. The fourth-order valence-corrected chi connectivity index (χ4v) is 1.95. The van der Waals surface area contributed by atoms with E-state index in [1.165, 1.54) is 33.0 Å². The van der Waals surface area contributed by atoms with Crippen LogP contribution < -0.4 is 10.6 Å². The maximum absolute atomic E-state index is 12.9. The number of halogens is 3. The molecule has 0 spiro atoms. The molecule has 0 radical (unpaired) electrons. The summed E-state index contributed by atoms with van der Waals surface area (Å²) >= 11 is 0. The van der Waals surface area contributed by atoms with Crippen LogP contribution in [0.4, 0.5) is 23.8 Å². The van der Waals surface area contributed by atoms with Gasteiger partial charge >= 0.3 is 12.3 Å². The van der Waals surface area contributed by atoms with Crippen molar-refractivity contribution < 1.29 is 31.9 Å². The lowest BCUT2D eigenvalue weighted by Gasteiger charge is -2.27. The summed E-state index contributed by atoms with van der Waals surface area (Å²) in [6, 6.07) is 2.55. The van der Waals surface area contributed by atoms with Gasteiger partial charge in [-0.2, -0.15) is 13.2 Å². The lowest BCUT2D eigenvalue weighted by molar-refractivity contribution is -0.119. The van der Waals surface area contributed by atoms with E-state index in [9.17, 15) is 22.8 Å². The van der Waals surface area contributed by atoms with Gasteiger partial charge in [-0.1, -0.05) is 0 Å². The summed E-state index contributed by atoms with van der Waals surface area (Å²) in [6.07, 6.45) is -3.71. The first-order valence-electron chi connectivity index (χ1n) is 7.65. The van der Waals surface area contributed by atoms with Gasteiger partial charge in [0.1, 0.15) is 24.2 Å². The SMILES string of the molecule is CC(C)(C)OC(=O)N(CC(F)(F)F)c1cc(-c2nc(C(N)=O)co2)ccn1. The first kappa shape index (κ1) is 20.2. The third-order valence-corrected chi connectivity index (χ3v) is 2.98. The van der Waals surface area contributed by atoms with Crippen molar-refractivity contribution in [3.05, 3.63) is 30.3 Å². The third-order valence-electron chi connectivity index (χ3n) is 2.98. The summed E-state index contributed by atoms with van der Waals surface area (Å²) in [5.74, 6) is -1.21. The van der Waals surface area contributed by atoms with Gasteiger partial charge in [-0.05, 0) is 32.9 Å². The Morgan fingerprint density at radius 2 is 1.96 bits per heavy atom. The van der Waals surface area contributed by atoms with Gasteiger partial charge in [-0.15, -0.1) is 0 Å². The topological polar surface area (TPSA) is 112 Å². The maximum Gasteiger partial charge on any atom is 0.416 e. The number of nitrogens with two attached hydrogens (primary N) is 1. The summed E-state index contributed by atoms with van der Waals surface area (Å²) in [6.45, 7) is 2.98. The number of anilines is 1. The molecule has 0 bridgehead atoms. The van der Waals surface area contributed by atoms with Crippen LogP contribution in [-0.2, 0) is 4.74 Å². The van der Waals surface area contributed by atoms with Crippen molar-refractivity contribution in [3.8, 4) is 11.5 Å². The summed E-state index contributed by atoms with van der Waals surface area (Å²) in [4.78, 5) is 31.3. The second-order valence-corrected chi connectivity index (χ2v) is 6.49. The number of hydrogen-bond acceptors (Lipinski definition) is 6. The zero-order valence-corrected chi connectivity index (χ0v) is 14.7. The minimum Gasteiger partial charge on any atom is -0.444 e. The highest BCUT2D eigenvalue weighted by Crippen LogP contribution is 2.27. The molecule has 146 valence electrons. The molecule has 2 aromatic heterocycles. The van der Waals surface area contributed by atoms with Gasteiger partial charge in [0.15, 0.2) is 5.69 Å². The highest BCUT2D eigenvalue weighted by molar-refractivity contribution is 5.91. The molecule has 2 heterocycles. The van der Waals surface area contributed by atoms with Crippen LogP contribution in [0, 0.1) is 0 Å². The first-order valence-corrected chi connectivity index (χ1v) is 7.65. The number of alkyl halides is 3. The van der Waals surface area contributed by atoms with Crippen LogP contribution in [0.15, 0.2) is 29.0 Å². The van der Waals surface area contributed by atoms with Crippen molar-refractivity contribution in [3.63, 3.8) is 0 Å². The number of carbonyl (C=O) groups is 2. The number of rotatable bonds is 4. The van der Waals surface area contributed by atoms with Gasteiger partial charge in [0.05, 0.1) is 0 Å². The smallest absolute Gasteiger partial charge is 0.416 e. The zero-order chi connectivity index (χ0) is 20.4. The normalized spacial score (nSPS) is 11.9. The van der Waals surface area contributed by atoms with Crippen molar-refractivity contribution in [2.45, 2.75) is 32.5 Å². The Morgan fingerprint density at radius 1 is 1.30 bits per heavy atom. The van der Waals surface area contributed by atoms with E-state index in [4.69, 9.17) is 14.9 Å². The van der Waals surface area contributed by atoms with Crippen LogP contribution >= 0.6 is 0 Å². The van der Waals surface area contributed by atoms with Crippen molar-refractivity contribution in [1.82, 2.24) is 9.97 Å². The van der Waals surface area contributed by atoms with E-state index < -0.39 is 30.3 Å². The van der Waals surface area contributed by atoms with Crippen LogP contribution in [0.2, 0.25) is 0 Å². The predicted octanol–water partition coefficient (Wildman–Crippen LogP) is 3.14. The standard InChI is InChI=1S/C16H17F3N4O4/c1-15(2,3)27-14(25)23(8-16(17,18)19)11-6-9(4-5-21-11)13-22-10(7-26-13)12(20)24/h4-7H,8H2,1-3H3,(H2,20,24). The molecule has 27 heavy (non-hydrogen) atoms. The molecule has 0 aliphatic rings. The van der Waals surface area contributed by atoms with Gasteiger partial charge in [-0.25, -0.2) is 14.8 Å². The Kier molecular flexibility index (Phi) is 5.43. The summed E-state index contributed by atoms with van der Waals surface area (Å²) in [7, 11) is 0. The number of oxazole rings is 1. The minimum absolute atomic E-state index is 0.0661. The van der Waals surface area contributed by atoms with E-state index in [-0.39, 0.29) is 23.0 Å². The summed E-state index contributed by atoms with van der Waals surface area (Å²) in [5, 5.41) is 0. The van der Waals surface area contributed by atoms with Gasteiger partial charge in [0, 0.05) is 11.8 Å². The Balaban J connectivity index is 2.40. The number of aromatic nitrogens is 2. The Hall–Kier alpha value is -3.11.